The van der Waals surface area contributed by atoms with Crippen molar-refractivity contribution < 1.29 is 19.0 Å². The molecular formula is C23H23FN6O3S. The molecule has 3 heterocycles. The number of aryl methyl sites for hydroxylation is 1. The van der Waals surface area contributed by atoms with Crippen LogP contribution in [-0.4, -0.2) is 62.3 Å². The van der Waals surface area contributed by atoms with E-state index in [2.05, 4.69) is 26.3 Å². The number of piperidine rings is 1. The van der Waals surface area contributed by atoms with Crippen molar-refractivity contribution in [2.45, 2.75) is 38.6 Å². The summed E-state index contributed by atoms with van der Waals surface area (Å²) < 4.78 is 20.5. The Morgan fingerprint density at radius 3 is 2.91 bits per heavy atom. The molecule has 0 radical (unpaired) electrons. The summed E-state index contributed by atoms with van der Waals surface area (Å²) in [4.78, 5) is 26.2. The van der Waals surface area contributed by atoms with Crippen molar-refractivity contribution in [1.82, 2.24) is 19.9 Å². The van der Waals surface area contributed by atoms with Crippen LogP contribution < -0.4 is 10.1 Å². The molecule has 11 heteroatoms. The Hall–Kier alpha value is -3.62. The maximum Gasteiger partial charge on any atom is 0.251 e. The summed E-state index contributed by atoms with van der Waals surface area (Å²) in [7, 11) is 0. The van der Waals surface area contributed by atoms with Gasteiger partial charge in [0.05, 0.1) is 23.3 Å². The van der Waals surface area contributed by atoms with Crippen molar-refractivity contribution in [2.24, 2.45) is 0 Å². The van der Waals surface area contributed by atoms with Gasteiger partial charge in [-0.3, -0.25) is 4.79 Å². The normalized spacial score (nSPS) is 18.7. The molecule has 0 saturated carbocycles. The molecule has 2 N–H and O–H groups in total. The highest BCUT2D eigenvalue weighted by Gasteiger charge is 2.34. The van der Waals surface area contributed by atoms with Gasteiger partial charge < -0.3 is 20.1 Å². The first-order chi connectivity index (χ1) is 16.3. The number of aliphatic hydroxyl groups excluding tert-OH is 1. The van der Waals surface area contributed by atoms with Crippen LogP contribution in [0.25, 0.3) is 11.4 Å². The van der Waals surface area contributed by atoms with Crippen LogP contribution in [0, 0.1) is 18.3 Å². The van der Waals surface area contributed by atoms with Gasteiger partial charge in [0.2, 0.25) is 0 Å². The zero-order valence-corrected chi connectivity index (χ0v) is 19.4. The maximum absolute atomic E-state index is 14.7. The van der Waals surface area contributed by atoms with Gasteiger partial charge in [-0.25, -0.2) is 19.3 Å². The van der Waals surface area contributed by atoms with Crippen molar-refractivity contribution in [1.29, 1.82) is 5.26 Å². The number of amides is 1. The van der Waals surface area contributed by atoms with Crippen molar-refractivity contribution in [3.63, 3.8) is 0 Å². The largest absolute Gasteiger partial charge is 0.486 e. The number of thiazole rings is 1. The molecule has 0 spiro atoms. The molecule has 0 aliphatic carbocycles. The van der Waals surface area contributed by atoms with Crippen LogP contribution in [0.15, 0.2) is 36.7 Å². The number of anilines is 2. The second-order valence-corrected chi connectivity index (χ2v) is 9.11. The summed E-state index contributed by atoms with van der Waals surface area (Å²) in [6, 6.07) is 8.74. The van der Waals surface area contributed by atoms with Crippen LogP contribution in [0.3, 0.4) is 0 Å². The zero-order valence-electron chi connectivity index (χ0n) is 18.6. The fourth-order valence-corrected chi connectivity index (χ4v) is 4.30. The maximum atomic E-state index is 14.7. The first-order valence-corrected chi connectivity index (χ1v) is 11.5. The zero-order chi connectivity index (χ0) is 24.2. The molecular weight excluding hydrogens is 459 g/mol. The lowest BCUT2D eigenvalue weighted by Crippen LogP contribution is -2.51. The van der Waals surface area contributed by atoms with Gasteiger partial charge in [-0.2, -0.15) is 5.26 Å². The minimum absolute atomic E-state index is 0.165. The highest BCUT2D eigenvalue weighted by Crippen LogP contribution is 2.29. The number of ether oxygens (including phenoxy) is 1. The summed E-state index contributed by atoms with van der Waals surface area (Å²) in [5.41, 5.74) is 0.842. The monoisotopic (exact) mass is 482 g/mol. The van der Waals surface area contributed by atoms with E-state index in [-0.39, 0.29) is 30.8 Å². The molecule has 9 nitrogen and oxygen atoms in total. The van der Waals surface area contributed by atoms with E-state index in [1.807, 2.05) is 6.92 Å². The number of likely N-dealkylation sites (tertiary alicyclic amines) is 1. The van der Waals surface area contributed by atoms with E-state index in [1.165, 1.54) is 23.2 Å². The Labute approximate surface area is 199 Å². The quantitative estimate of drug-likeness (QED) is 0.549. The number of hydrogen-bond donors (Lipinski definition) is 2. The molecule has 1 amide bonds. The summed E-state index contributed by atoms with van der Waals surface area (Å²) in [5.74, 6) is 0.753. The topological polar surface area (TPSA) is 124 Å². The van der Waals surface area contributed by atoms with Gasteiger partial charge in [0.15, 0.2) is 12.0 Å². The van der Waals surface area contributed by atoms with Crippen LogP contribution in [0.2, 0.25) is 0 Å². The van der Waals surface area contributed by atoms with Crippen molar-refractivity contribution >= 4 is 28.1 Å². The lowest BCUT2D eigenvalue weighted by atomic mass is 10.0. The highest BCUT2D eigenvalue weighted by molar-refractivity contribution is 7.15. The van der Waals surface area contributed by atoms with Gasteiger partial charge in [0.1, 0.15) is 34.8 Å². The van der Waals surface area contributed by atoms with Gasteiger partial charge in [0.25, 0.3) is 5.91 Å². The lowest BCUT2D eigenvalue weighted by Gasteiger charge is -2.35. The second-order valence-electron chi connectivity index (χ2n) is 7.88. The predicted molar refractivity (Wildman–Crippen MR) is 125 cm³/mol. The number of hydrogen-bond acceptors (Lipinski definition) is 9. The molecule has 1 fully saturated rings. The van der Waals surface area contributed by atoms with Crippen molar-refractivity contribution in [3.8, 4) is 23.2 Å². The number of benzene rings is 1. The van der Waals surface area contributed by atoms with Crippen molar-refractivity contribution in [3.05, 3.63) is 47.2 Å². The van der Waals surface area contributed by atoms with E-state index in [0.717, 1.165) is 10.0 Å². The number of rotatable bonds is 6. The van der Waals surface area contributed by atoms with Gasteiger partial charge in [-0.05, 0) is 38.1 Å². The van der Waals surface area contributed by atoms with Gasteiger partial charge in [-0.1, -0.05) is 0 Å². The summed E-state index contributed by atoms with van der Waals surface area (Å²) >= 11 is 1.50. The van der Waals surface area contributed by atoms with E-state index in [9.17, 15) is 19.6 Å². The van der Waals surface area contributed by atoms with E-state index >= 15 is 0 Å². The number of nitriles is 1. The smallest absolute Gasteiger partial charge is 0.251 e. The molecule has 1 saturated heterocycles. The SMILES string of the molecule is Cc1ncc(Nc2ccnc(-c3ccc(O[C@H]4CCN(C(=O)[C@H](C)O)C[C@H]4F)c(C#N)c3)n2)s1. The third-order valence-electron chi connectivity index (χ3n) is 5.32. The number of aliphatic hydroxyl groups is 1. The number of alkyl halides is 1. The highest BCUT2D eigenvalue weighted by atomic mass is 32.1. The van der Waals surface area contributed by atoms with E-state index < -0.39 is 24.3 Å². The van der Waals surface area contributed by atoms with Crippen LogP contribution in [0.5, 0.6) is 5.75 Å². The van der Waals surface area contributed by atoms with Crippen LogP contribution in [0.4, 0.5) is 15.2 Å². The minimum Gasteiger partial charge on any atom is -0.486 e. The van der Waals surface area contributed by atoms with Crippen LogP contribution in [-0.2, 0) is 4.79 Å². The molecule has 0 unspecified atom stereocenters. The third-order valence-corrected chi connectivity index (χ3v) is 6.14. The minimum atomic E-state index is -1.44. The average molecular weight is 483 g/mol. The van der Waals surface area contributed by atoms with Gasteiger partial charge >= 0.3 is 0 Å². The molecule has 1 aliphatic heterocycles. The number of carbonyl (C=O) groups is 1. The number of nitrogens with one attached hydrogen (secondary N) is 1. The Morgan fingerprint density at radius 1 is 1.41 bits per heavy atom. The molecule has 1 aromatic carbocycles. The number of nitrogens with zero attached hydrogens (tertiary/aromatic N) is 5. The Kier molecular flexibility index (Phi) is 7.00. The number of aromatic nitrogens is 3. The molecule has 3 atom stereocenters. The van der Waals surface area contributed by atoms with E-state index in [0.29, 0.717) is 17.2 Å². The van der Waals surface area contributed by atoms with E-state index in [4.69, 9.17) is 4.74 Å². The van der Waals surface area contributed by atoms with Gasteiger partial charge in [0, 0.05) is 24.7 Å². The Bertz CT molecular complexity index is 1230. The fraction of sp³-hybridized carbons (Fsp3) is 0.348. The molecule has 2 aromatic heterocycles. The average Bonchev–Trinajstić information content (AvgIpc) is 3.24. The van der Waals surface area contributed by atoms with Gasteiger partial charge in [-0.15, -0.1) is 11.3 Å². The summed E-state index contributed by atoms with van der Waals surface area (Å²) in [5, 5.41) is 24.1. The predicted octanol–water partition coefficient (Wildman–Crippen LogP) is 3.22. The Balaban J connectivity index is 1.48. The molecule has 0 bridgehead atoms. The standard InChI is InChI=1S/C23H23FN6O3S/c1-13(31)23(32)30-8-6-19(17(24)12-30)33-18-4-3-15(9-16(18)10-25)22-26-7-5-20(29-22)28-21-11-27-14(2)34-21/h3-5,7,9,11,13,17,19,31H,6,8,12H2,1-2H3,(H,26,28,29)/t13-,17+,19-/m0/s1. The summed E-state index contributed by atoms with van der Waals surface area (Å²) in [6.07, 6.45) is 0.173. The Morgan fingerprint density at radius 2 is 2.24 bits per heavy atom. The molecule has 1 aliphatic rings. The fourth-order valence-electron chi connectivity index (χ4n) is 3.62. The number of carbonyl (C=O) groups excluding carboxylic acids is 1. The van der Waals surface area contributed by atoms with Crippen LogP contribution in [0.1, 0.15) is 23.9 Å². The molecule has 3 aromatic rings. The summed E-state index contributed by atoms with van der Waals surface area (Å²) in [6.45, 7) is 3.37. The number of halogens is 1. The lowest BCUT2D eigenvalue weighted by molar-refractivity contribution is -0.143. The van der Waals surface area contributed by atoms with Crippen LogP contribution >= 0.6 is 11.3 Å². The van der Waals surface area contributed by atoms with Crippen molar-refractivity contribution in [2.75, 3.05) is 18.4 Å². The first kappa shape index (κ1) is 23.5. The first-order valence-electron chi connectivity index (χ1n) is 10.7. The molecule has 4 rings (SSSR count). The second kappa shape index (κ2) is 10.1. The molecule has 176 valence electrons. The van der Waals surface area contributed by atoms with E-state index in [1.54, 1.807) is 36.7 Å². The third kappa shape index (κ3) is 5.30. The molecule has 34 heavy (non-hydrogen) atoms.